The zero-order valence-corrected chi connectivity index (χ0v) is 17.0. The summed E-state index contributed by atoms with van der Waals surface area (Å²) in [6.45, 7) is 5.49. The highest BCUT2D eigenvalue weighted by molar-refractivity contribution is 14.0. The molecule has 0 aliphatic heterocycles. The zero-order valence-electron chi connectivity index (χ0n) is 13.8. The number of hydrogen-bond acceptors (Lipinski definition) is 4. The fourth-order valence-corrected chi connectivity index (χ4v) is 3.35. The van der Waals surface area contributed by atoms with Crippen LogP contribution in [0.3, 0.4) is 0 Å². The molecule has 0 atom stereocenters. The van der Waals surface area contributed by atoms with Gasteiger partial charge in [-0.25, -0.2) is 12.7 Å². The van der Waals surface area contributed by atoms with Gasteiger partial charge in [0.25, 0.3) is 0 Å². The van der Waals surface area contributed by atoms with E-state index < -0.39 is 10.0 Å². The number of pyridine rings is 1. The Hall–Kier alpha value is -0.940. The van der Waals surface area contributed by atoms with E-state index in [0.29, 0.717) is 32.1 Å². The van der Waals surface area contributed by atoms with Crippen molar-refractivity contribution in [2.45, 2.75) is 20.4 Å². The fourth-order valence-electron chi connectivity index (χ4n) is 1.94. The molecule has 0 amide bonds. The molecule has 9 heteroatoms. The summed E-state index contributed by atoms with van der Waals surface area (Å²) in [6, 6.07) is 5.68. The van der Waals surface area contributed by atoms with Crippen LogP contribution < -0.4 is 10.6 Å². The van der Waals surface area contributed by atoms with E-state index in [9.17, 15) is 8.42 Å². The van der Waals surface area contributed by atoms with Gasteiger partial charge in [0, 0.05) is 32.9 Å². The van der Waals surface area contributed by atoms with Crippen LogP contribution in [-0.4, -0.2) is 56.1 Å². The van der Waals surface area contributed by atoms with Gasteiger partial charge >= 0.3 is 0 Å². The third-order valence-electron chi connectivity index (χ3n) is 3.14. The van der Waals surface area contributed by atoms with Crippen molar-refractivity contribution in [2.24, 2.45) is 4.99 Å². The van der Waals surface area contributed by atoms with E-state index in [1.807, 2.05) is 32.0 Å². The molecule has 1 heterocycles. The molecule has 1 aromatic rings. The molecule has 0 aliphatic rings. The first-order chi connectivity index (χ1) is 10.5. The third kappa shape index (κ3) is 7.93. The Bertz CT molecular complexity index is 562. The van der Waals surface area contributed by atoms with Crippen LogP contribution in [0.4, 0.5) is 0 Å². The number of hydrogen-bond donors (Lipinski definition) is 2. The van der Waals surface area contributed by atoms with Crippen LogP contribution in [0.2, 0.25) is 0 Å². The summed E-state index contributed by atoms with van der Waals surface area (Å²) in [4.78, 5) is 8.27. The average Bonchev–Trinajstić information content (AvgIpc) is 2.52. The molecule has 0 radical (unpaired) electrons. The largest absolute Gasteiger partial charge is 0.355 e. The molecule has 0 aliphatic carbocycles. The number of aromatic nitrogens is 1. The van der Waals surface area contributed by atoms with E-state index in [4.69, 9.17) is 0 Å². The molecular weight excluding hydrogens is 429 g/mol. The Kier molecular flexibility index (Phi) is 11.1. The monoisotopic (exact) mass is 455 g/mol. The molecule has 7 nitrogen and oxygen atoms in total. The van der Waals surface area contributed by atoms with Crippen molar-refractivity contribution in [3.63, 3.8) is 0 Å². The molecule has 2 N–H and O–H groups in total. The highest BCUT2D eigenvalue weighted by Crippen LogP contribution is 1.99. The van der Waals surface area contributed by atoms with Crippen LogP contribution in [0.15, 0.2) is 29.4 Å². The molecule has 23 heavy (non-hydrogen) atoms. The van der Waals surface area contributed by atoms with Crippen LogP contribution in [-0.2, 0) is 16.6 Å². The number of nitrogens with zero attached hydrogens (tertiary/aromatic N) is 3. The Morgan fingerprint density at radius 2 is 1.96 bits per heavy atom. The number of halogens is 1. The Labute approximate surface area is 156 Å². The van der Waals surface area contributed by atoms with E-state index in [1.165, 1.54) is 4.31 Å². The summed E-state index contributed by atoms with van der Waals surface area (Å²) < 4.78 is 25.6. The van der Waals surface area contributed by atoms with E-state index in [0.717, 1.165) is 5.69 Å². The lowest BCUT2D eigenvalue weighted by Crippen LogP contribution is -2.41. The van der Waals surface area contributed by atoms with E-state index >= 15 is 0 Å². The van der Waals surface area contributed by atoms with Crippen LogP contribution in [0.1, 0.15) is 19.5 Å². The molecule has 0 saturated heterocycles. The van der Waals surface area contributed by atoms with Gasteiger partial charge in [0.1, 0.15) is 0 Å². The van der Waals surface area contributed by atoms with Crippen molar-refractivity contribution >= 4 is 40.0 Å². The molecule has 132 valence electrons. The summed E-state index contributed by atoms with van der Waals surface area (Å²) >= 11 is 0. The SMILES string of the molecule is CCN(CC)S(=O)(=O)CCNC(=NC)NCc1ccccn1.I. The summed E-state index contributed by atoms with van der Waals surface area (Å²) in [5.74, 6) is 0.597. The Morgan fingerprint density at radius 1 is 1.26 bits per heavy atom. The normalized spacial score (nSPS) is 11.9. The summed E-state index contributed by atoms with van der Waals surface area (Å²) in [5.41, 5.74) is 0.890. The molecular formula is C14H26IN5O2S. The van der Waals surface area contributed by atoms with Crippen LogP contribution in [0, 0.1) is 0 Å². The second-order valence-electron chi connectivity index (χ2n) is 4.57. The predicted octanol–water partition coefficient (Wildman–Crippen LogP) is 1.04. The molecule has 0 unspecified atom stereocenters. The lowest BCUT2D eigenvalue weighted by Gasteiger charge is -2.19. The van der Waals surface area contributed by atoms with Gasteiger partial charge in [0.2, 0.25) is 10.0 Å². The highest BCUT2D eigenvalue weighted by Gasteiger charge is 2.18. The van der Waals surface area contributed by atoms with Gasteiger partial charge in [-0.2, -0.15) is 0 Å². The molecule has 1 rings (SSSR count). The van der Waals surface area contributed by atoms with Gasteiger partial charge < -0.3 is 10.6 Å². The van der Waals surface area contributed by atoms with Crippen LogP contribution in [0.5, 0.6) is 0 Å². The number of sulfonamides is 1. The lowest BCUT2D eigenvalue weighted by molar-refractivity contribution is 0.445. The number of rotatable bonds is 8. The first-order valence-corrected chi connectivity index (χ1v) is 8.96. The molecule has 0 fully saturated rings. The first-order valence-electron chi connectivity index (χ1n) is 7.35. The minimum atomic E-state index is -3.22. The first kappa shape index (κ1) is 22.1. The van der Waals surface area contributed by atoms with Crippen molar-refractivity contribution in [3.8, 4) is 0 Å². The van der Waals surface area contributed by atoms with Crippen molar-refractivity contribution < 1.29 is 8.42 Å². The average molecular weight is 455 g/mol. The second kappa shape index (κ2) is 11.6. The van der Waals surface area contributed by atoms with Crippen LogP contribution >= 0.6 is 24.0 Å². The van der Waals surface area contributed by atoms with Gasteiger partial charge in [-0.05, 0) is 12.1 Å². The quantitative estimate of drug-likeness (QED) is 0.348. The lowest BCUT2D eigenvalue weighted by atomic mass is 10.3. The van der Waals surface area contributed by atoms with E-state index in [2.05, 4.69) is 20.6 Å². The summed E-state index contributed by atoms with van der Waals surface area (Å²) in [7, 11) is -1.57. The van der Waals surface area contributed by atoms with Crippen molar-refractivity contribution in [1.82, 2.24) is 19.9 Å². The van der Waals surface area contributed by atoms with Gasteiger partial charge in [0.05, 0.1) is 18.0 Å². The molecule has 0 saturated carbocycles. The molecule has 1 aromatic heterocycles. The Balaban J connectivity index is 0.00000484. The van der Waals surface area contributed by atoms with Gasteiger partial charge in [-0.1, -0.05) is 19.9 Å². The fraction of sp³-hybridized carbons (Fsp3) is 0.571. The van der Waals surface area contributed by atoms with Crippen LogP contribution in [0.25, 0.3) is 0 Å². The Morgan fingerprint density at radius 3 is 2.48 bits per heavy atom. The zero-order chi connectivity index (χ0) is 16.4. The highest BCUT2D eigenvalue weighted by atomic mass is 127. The smallest absolute Gasteiger partial charge is 0.215 e. The minimum Gasteiger partial charge on any atom is -0.355 e. The maximum absolute atomic E-state index is 12.1. The van der Waals surface area contributed by atoms with Crippen molar-refractivity contribution in [1.29, 1.82) is 0 Å². The summed E-state index contributed by atoms with van der Waals surface area (Å²) in [6.07, 6.45) is 1.73. The molecule has 0 spiro atoms. The predicted molar refractivity (Wildman–Crippen MR) is 105 cm³/mol. The maximum atomic E-state index is 12.1. The van der Waals surface area contributed by atoms with E-state index in [-0.39, 0.29) is 29.7 Å². The van der Waals surface area contributed by atoms with Crippen molar-refractivity contribution in [3.05, 3.63) is 30.1 Å². The number of guanidine groups is 1. The maximum Gasteiger partial charge on any atom is 0.215 e. The molecule has 0 bridgehead atoms. The third-order valence-corrected chi connectivity index (χ3v) is 5.16. The van der Waals surface area contributed by atoms with E-state index in [1.54, 1.807) is 13.2 Å². The molecule has 0 aromatic carbocycles. The van der Waals surface area contributed by atoms with Gasteiger partial charge in [-0.15, -0.1) is 24.0 Å². The van der Waals surface area contributed by atoms with Gasteiger partial charge in [-0.3, -0.25) is 9.98 Å². The second-order valence-corrected chi connectivity index (χ2v) is 6.66. The van der Waals surface area contributed by atoms with Crippen molar-refractivity contribution in [2.75, 3.05) is 32.4 Å². The number of aliphatic imine (C=N–C) groups is 1. The number of nitrogens with one attached hydrogen (secondary N) is 2. The minimum absolute atomic E-state index is 0. The summed E-state index contributed by atoms with van der Waals surface area (Å²) in [5, 5.41) is 6.10. The van der Waals surface area contributed by atoms with Gasteiger partial charge in [0.15, 0.2) is 5.96 Å². The standard InChI is InChI=1S/C14H25N5O2S.HI/c1-4-19(5-2)22(20,21)11-10-17-14(15-3)18-12-13-8-6-7-9-16-13;/h6-9H,4-5,10-12H2,1-3H3,(H2,15,17,18);1H. The topological polar surface area (TPSA) is 86.7 Å².